The first-order valence-electron chi connectivity index (χ1n) is 9.31. The Bertz CT molecular complexity index is 842. The van der Waals surface area contributed by atoms with Gasteiger partial charge in [0.25, 0.3) is 0 Å². The van der Waals surface area contributed by atoms with E-state index in [1.54, 1.807) is 6.07 Å². The lowest BCUT2D eigenvalue weighted by Crippen LogP contribution is -2.53. The molecule has 0 aromatic heterocycles. The van der Waals surface area contributed by atoms with Gasteiger partial charge in [0.15, 0.2) is 0 Å². The summed E-state index contributed by atoms with van der Waals surface area (Å²) in [4.78, 5) is 5.21. The van der Waals surface area contributed by atoms with Crippen molar-refractivity contribution >= 4 is 23.2 Å². The molecule has 136 valence electrons. The van der Waals surface area contributed by atoms with Gasteiger partial charge < -0.3 is 4.74 Å². The van der Waals surface area contributed by atoms with Crippen molar-refractivity contribution in [2.24, 2.45) is 0 Å². The van der Waals surface area contributed by atoms with Gasteiger partial charge in [0.2, 0.25) is 0 Å². The van der Waals surface area contributed by atoms with Crippen molar-refractivity contribution in [2.45, 2.75) is 37.4 Å². The van der Waals surface area contributed by atoms with Crippen molar-refractivity contribution in [1.29, 1.82) is 0 Å². The second-order valence-electron chi connectivity index (χ2n) is 7.74. The summed E-state index contributed by atoms with van der Waals surface area (Å²) in [5.74, 6) is 1.66. The van der Waals surface area contributed by atoms with E-state index in [0.29, 0.717) is 28.2 Å². The molecule has 0 saturated carbocycles. The quantitative estimate of drug-likeness (QED) is 0.670. The van der Waals surface area contributed by atoms with Crippen molar-refractivity contribution in [2.75, 3.05) is 20.1 Å². The van der Waals surface area contributed by atoms with Gasteiger partial charge >= 0.3 is 0 Å². The first kappa shape index (κ1) is 16.9. The van der Waals surface area contributed by atoms with Crippen LogP contribution >= 0.6 is 23.2 Å². The Morgan fingerprint density at radius 2 is 1.77 bits per heavy atom. The number of likely N-dealkylation sites (N-methyl/N-ethyl adjacent to an activating group) is 1. The molecule has 3 unspecified atom stereocenters. The number of piperazine rings is 1. The SMILES string of the molecule is CN1C2CCC1CN(C1Cc3cc(Cl)cc(Cl)c3Oc3ccccc31)C2. The smallest absolute Gasteiger partial charge is 0.149 e. The van der Waals surface area contributed by atoms with E-state index in [0.717, 1.165) is 36.6 Å². The molecular weight excluding hydrogens is 367 g/mol. The van der Waals surface area contributed by atoms with E-state index in [1.807, 2.05) is 18.2 Å². The van der Waals surface area contributed by atoms with Crippen LogP contribution in [0.3, 0.4) is 0 Å². The average Bonchev–Trinajstić information content (AvgIpc) is 2.81. The van der Waals surface area contributed by atoms with E-state index in [-0.39, 0.29) is 0 Å². The summed E-state index contributed by atoms with van der Waals surface area (Å²) < 4.78 is 6.27. The Balaban J connectivity index is 1.58. The first-order valence-corrected chi connectivity index (χ1v) is 10.1. The monoisotopic (exact) mass is 388 g/mol. The molecule has 2 bridgehead atoms. The lowest BCUT2D eigenvalue weighted by molar-refractivity contribution is 0.0573. The highest BCUT2D eigenvalue weighted by Crippen LogP contribution is 2.46. The minimum Gasteiger partial charge on any atom is -0.455 e. The third-order valence-corrected chi connectivity index (χ3v) is 6.80. The normalized spacial score (nSPS) is 28.2. The van der Waals surface area contributed by atoms with Crippen molar-refractivity contribution < 1.29 is 4.74 Å². The van der Waals surface area contributed by atoms with E-state index in [1.165, 1.54) is 18.4 Å². The van der Waals surface area contributed by atoms with Crippen LogP contribution in [0.1, 0.15) is 30.0 Å². The van der Waals surface area contributed by atoms with Crippen LogP contribution in [0.25, 0.3) is 0 Å². The topological polar surface area (TPSA) is 15.7 Å². The zero-order valence-electron chi connectivity index (χ0n) is 14.8. The number of halogens is 2. The molecule has 2 aromatic rings. The minimum absolute atomic E-state index is 0.291. The van der Waals surface area contributed by atoms with Gasteiger partial charge in [0.1, 0.15) is 11.5 Å². The average molecular weight is 389 g/mol. The van der Waals surface area contributed by atoms with Gasteiger partial charge in [-0.1, -0.05) is 41.4 Å². The van der Waals surface area contributed by atoms with E-state index >= 15 is 0 Å². The van der Waals surface area contributed by atoms with Gasteiger partial charge in [-0.3, -0.25) is 9.80 Å². The van der Waals surface area contributed by atoms with Crippen molar-refractivity contribution in [1.82, 2.24) is 9.80 Å². The molecule has 5 heteroatoms. The molecule has 0 spiro atoms. The third kappa shape index (κ3) is 2.73. The van der Waals surface area contributed by atoms with Gasteiger partial charge in [-0.25, -0.2) is 0 Å². The molecule has 5 rings (SSSR count). The van der Waals surface area contributed by atoms with Crippen LogP contribution in [0.4, 0.5) is 0 Å². The fourth-order valence-electron chi connectivity index (χ4n) is 4.88. The van der Waals surface area contributed by atoms with Gasteiger partial charge in [-0.2, -0.15) is 0 Å². The van der Waals surface area contributed by atoms with E-state index in [4.69, 9.17) is 27.9 Å². The van der Waals surface area contributed by atoms with Crippen LogP contribution in [0.2, 0.25) is 10.0 Å². The van der Waals surface area contributed by atoms with Gasteiger partial charge in [0, 0.05) is 41.8 Å². The highest BCUT2D eigenvalue weighted by Gasteiger charge is 2.41. The standard InChI is InChI=1S/C21H22Cl2N2O/c1-24-15-6-7-16(24)12-25(11-15)19-9-13-8-14(22)10-18(23)21(13)26-20-5-3-2-4-17(19)20/h2-5,8,10,15-16,19H,6-7,9,11-12H2,1H3. The highest BCUT2D eigenvalue weighted by atomic mass is 35.5. The lowest BCUT2D eigenvalue weighted by atomic mass is 9.96. The molecule has 3 nitrogen and oxygen atoms in total. The minimum atomic E-state index is 0.291. The molecule has 3 atom stereocenters. The molecule has 3 aliphatic heterocycles. The maximum Gasteiger partial charge on any atom is 0.149 e. The van der Waals surface area contributed by atoms with Crippen LogP contribution in [0.15, 0.2) is 36.4 Å². The Morgan fingerprint density at radius 1 is 1.04 bits per heavy atom. The largest absolute Gasteiger partial charge is 0.455 e. The maximum atomic E-state index is 6.47. The van der Waals surface area contributed by atoms with E-state index < -0.39 is 0 Å². The fraction of sp³-hybridized carbons (Fsp3) is 0.429. The van der Waals surface area contributed by atoms with Crippen molar-refractivity contribution in [3.63, 3.8) is 0 Å². The zero-order chi connectivity index (χ0) is 17.8. The van der Waals surface area contributed by atoms with E-state index in [9.17, 15) is 0 Å². The number of hydrogen-bond acceptors (Lipinski definition) is 3. The molecule has 0 radical (unpaired) electrons. The molecule has 26 heavy (non-hydrogen) atoms. The molecule has 0 amide bonds. The molecule has 2 fully saturated rings. The summed E-state index contributed by atoms with van der Waals surface area (Å²) in [5, 5.41) is 1.25. The predicted molar refractivity (Wildman–Crippen MR) is 106 cm³/mol. The molecular formula is C21H22Cl2N2O. The third-order valence-electron chi connectivity index (χ3n) is 6.30. The Kier molecular flexibility index (Phi) is 4.17. The van der Waals surface area contributed by atoms with Crippen LogP contribution in [-0.4, -0.2) is 42.0 Å². The summed E-state index contributed by atoms with van der Waals surface area (Å²) in [6.45, 7) is 2.21. The van der Waals surface area contributed by atoms with Crippen molar-refractivity contribution in [3.05, 3.63) is 57.6 Å². The molecule has 0 N–H and O–H groups in total. The maximum absolute atomic E-state index is 6.47. The predicted octanol–water partition coefficient (Wildman–Crippen LogP) is 5.16. The summed E-state index contributed by atoms with van der Waals surface area (Å²) in [7, 11) is 2.28. The van der Waals surface area contributed by atoms with Crippen LogP contribution in [0.5, 0.6) is 11.5 Å². The Labute approximate surface area is 164 Å². The molecule has 2 aromatic carbocycles. The summed E-state index contributed by atoms with van der Waals surface area (Å²) >= 11 is 12.8. The number of nitrogens with zero attached hydrogens (tertiary/aromatic N) is 2. The molecule has 3 heterocycles. The Hall–Kier alpha value is -1.26. The number of likely N-dealkylation sites (tertiary alicyclic amines) is 1. The second kappa shape index (κ2) is 6.42. The van der Waals surface area contributed by atoms with Gasteiger partial charge in [-0.05, 0) is 50.1 Å². The van der Waals surface area contributed by atoms with Crippen molar-refractivity contribution in [3.8, 4) is 11.5 Å². The number of fused-ring (bicyclic) bond motifs is 4. The molecule has 3 aliphatic rings. The number of ether oxygens (including phenoxy) is 1. The summed E-state index contributed by atoms with van der Waals surface area (Å²) in [5.41, 5.74) is 2.34. The first-order chi connectivity index (χ1) is 12.6. The zero-order valence-corrected chi connectivity index (χ0v) is 16.3. The number of benzene rings is 2. The Morgan fingerprint density at radius 3 is 2.54 bits per heavy atom. The highest BCUT2D eigenvalue weighted by molar-refractivity contribution is 6.35. The van der Waals surface area contributed by atoms with E-state index in [2.05, 4.69) is 29.0 Å². The summed E-state index contributed by atoms with van der Waals surface area (Å²) in [6, 6.07) is 13.8. The summed E-state index contributed by atoms with van der Waals surface area (Å²) in [6.07, 6.45) is 3.48. The number of para-hydroxylation sites is 1. The van der Waals surface area contributed by atoms with Crippen LogP contribution in [0, 0.1) is 0 Å². The van der Waals surface area contributed by atoms with Gasteiger partial charge in [-0.15, -0.1) is 0 Å². The van der Waals surface area contributed by atoms with Gasteiger partial charge in [0.05, 0.1) is 5.02 Å². The molecule has 0 aliphatic carbocycles. The van der Waals surface area contributed by atoms with Crippen LogP contribution in [-0.2, 0) is 6.42 Å². The molecule has 2 saturated heterocycles. The van der Waals surface area contributed by atoms with Crippen LogP contribution < -0.4 is 4.74 Å². The second-order valence-corrected chi connectivity index (χ2v) is 8.58. The fourth-order valence-corrected chi connectivity index (χ4v) is 5.46. The number of hydrogen-bond donors (Lipinski definition) is 0. The number of rotatable bonds is 1. The lowest BCUT2D eigenvalue weighted by Gasteiger charge is -2.42.